The fraction of sp³-hybridized carbons (Fsp3) is 0.500. The first kappa shape index (κ1) is 13.3. The highest BCUT2D eigenvalue weighted by atomic mass is 16.6. The van der Waals surface area contributed by atoms with Crippen LogP contribution in [0.2, 0.25) is 0 Å². The van der Waals surface area contributed by atoms with Crippen molar-refractivity contribution in [2.24, 2.45) is 0 Å². The number of rotatable bonds is 2. The molecule has 0 fully saturated rings. The summed E-state index contributed by atoms with van der Waals surface area (Å²) in [5.41, 5.74) is 0.691. The molecule has 17 heavy (non-hydrogen) atoms. The van der Waals surface area contributed by atoms with E-state index in [-0.39, 0.29) is 5.78 Å². The smallest absolute Gasteiger partial charge is 0.411 e. The van der Waals surface area contributed by atoms with Crippen LogP contribution in [0.1, 0.15) is 27.7 Å². The van der Waals surface area contributed by atoms with E-state index in [1.807, 2.05) is 0 Å². The fourth-order valence-electron chi connectivity index (χ4n) is 1.25. The van der Waals surface area contributed by atoms with Gasteiger partial charge in [0.15, 0.2) is 5.78 Å². The van der Waals surface area contributed by atoms with Gasteiger partial charge >= 0.3 is 6.09 Å². The van der Waals surface area contributed by atoms with Crippen molar-refractivity contribution in [1.82, 2.24) is 10.6 Å². The summed E-state index contributed by atoms with van der Waals surface area (Å²) in [5, 5.41) is 5.53. The van der Waals surface area contributed by atoms with Crippen LogP contribution in [0.5, 0.6) is 0 Å². The van der Waals surface area contributed by atoms with Crippen LogP contribution in [0.3, 0.4) is 0 Å². The van der Waals surface area contributed by atoms with Crippen molar-refractivity contribution in [3.8, 4) is 0 Å². The molecule has 0 unspecified atom stereocenters. The lowest BCUT2D eigenvalue weighted by molar-refractivity contribution is -0.113. The average molecular weight is 238 g/mol. The van der Waals surface area contributed by atoms with Gasteiger partial charge in [-0.15, -0.1) is 0 Å². The molecule has 0 spiro atoms. The lowest BCUT2D eigenvalue weighted by atomic mass is 10.2. The third-order valence-electron chi connectivity index (χ3n) is 1.96. The molecule has 1 aliphatic heterocycles. The van der Waals surface area contributed by atoms with Gasteiger partial charge in [-0.1, -0.05) is 0 Å². The van der Waals surface area contributed by atoms with Crippen LogP contribution < -0.4 is 10.6 Å². The quantitative estimate of drug-likeness (QED) is 0.764. The number of Topliss-reactive ketones (excluding diaryl/α,β-unsaturated/α-hetero) is 1. The molecule has 1 heterocycles. The van der Waals surface area contributed by atoms with E-state index in [0.717, 1.165) is 0 Å². The summed E-state index contributed by atoms with van der Waals surface area (Å²) >= 11 is 0. The zero-order valence-electron chi connectivity index (χ0n) is 10.6. The molecular weight excluding hydrogens is 220 g/mol. The molecule has 0 saturated heterocycles. The molecule has 0 atom stereocenters. The summed E-state index contributed by atoms with van der Waals surface area (Å²) in [6, 6.07) is 0. The van der Waals surface area contributed by atoms with E-state index >= 15 is 0 Å². The van der Waals surface area contributed by atoms with Gasteiger partial charge in [0.05, 0.1) is 12.2 Å². The van der Waals surface area contributed by atoms with Gasteiger partial charge in [0.2, 0.25) is 0 Å². The minimum Gasteiger partial charge on any atom is -0.444 e. The molecule has 0 radical (unpaired) electrons. The Morgan fingerprint density at radius 1 is 1.35 bits per heavy atom. The summed E-state index contributed by atoms with van der Waals surface area (Å²) in [5.74, 6) is -0.0300. The standard InChI is InChI=1S/C12H18N2O3/c1-8(15)10-6-5-9(7-13-10)14-11(16)17-12(2,3)4/h5-6,13H,7H2,1-4H3,(H,14,16). The number of ketones is 1. The predicted octanol–water partition coefficient (Wildman–Crippen LogP) is 1.47. The predicted molar refractivity (Wildman–Crippen MR) is 64.2 cm³/mol. The SMILES string of the molecule is CC(=O)C1=CC=C(NC(=O)OC(C)(C)C)CN1. The molecule has 1 amide bonds. The molecule has 1 aliphatic rings. The Bertz CT molecular complexity index is 389. The fourth-order valence-corrected chi connectivity index (χ4v) is 1.25. The van der Waals surface area contributed by atoms with E-state index in [1.54, 1.807) is 32.9 Å². The van der Waals surface area contributed by atoms with Crippen molar-refractivity contribution >= 4 is 11.9 Å². The lowest BCUT2D eigenvalue weighted by Gasteiger charge is -2.21. The van der Waals surface area contributed by atoms with Crippen LogP contribution >= 0.6 is 0 Å². The molecular formula is C12H18N2O3. The molecule has 5 heteroatoms. The van der Waals surface area contributed by atoms with Crippen LogP contribution in [0.4, 0.5) is 4.79 Å². The van der Waals surface area contributed by atoms with E-state index < -0.39 is 11.7 Å². The van der Waals surface area contributed by atoms with Crippen molar-refractivity contribution < 1.29 is 14.3 Å². The molecule has 0 saturated carbocycles. The number of allylic oxidation sites excluding steroid dienone is 3. The van der Waals surface area contributed by atoms with Crippen LogP contribution in [-0.2, 0) is 9.53 Å². The highest BCUT2D eigenvalue weighted by molar-refractivity contribution is 5.93. The Morgan fingerprint density at radius 3 is 2.41 bits per heavy atom. The maximum absolute atomic E-state index is 11.5. The Morgan fingerprint density at radius 2 is 2.00 bits per heavy atom. The Balaban J connectivity index is 2.55. The number of ether oxygens (including phenoxy) is 1. The summed E-state index contributed by atoms with van der Waals surface area (Å²) in [7, 11) is 0. The minimum atomic E-state index is -0.521. The van der Waals surface area contributed by atoms with E-state index in [4.69, 9.17) is 4.74 Å². The first-order valence-corrected chi connectivity index (χ1v) is 5.43. The van der Waals surface area contributed by atoms with Crippen LogP contribution in [0.15, 0.2) is 23.5 Å². The highest BCUT2D eigenvalue weighted by Gasteiger charge is 2.17. The Kier molecular flexibility index (Phi) is 3.93. The third-order valence-corrected chi connectivity index (χ3v) is 1.96. The Labute approximate surface area is 101 Å². The Hall–Kier alpha value is -1.78. The maximum atomic E-state index is 11.5. The molecule has 0 aromatic heterocycles. The molecule has 0 aliphatic carbocycles. The zero-order valence-corrected chi connectivity index (χ0v) is 10.6. The van der Waals surface area contributed by atoms with Crippen molar-refractivity contribution in [3.05, 3.63) is 23.5 Å². The van der Waals surface area contributed by atoms with Gasteiger partial charge in [-0.05, 0) is 32.9 Å². The number of carbonyl (C=O) groups is 2. The number of carbonyl (C=O) groups excluding carboxylic acids is 2. The number of dihydropyridines is 1. The monoisotopic (exact) mass is 238 g/mol. The van der Waals surface area contributed by atoms with Crippen LogP contribution in [0, 0.1) is 0 Å². The summed E-state index contributed by atoms with van der Waals surface area (Å²) in [6.07, 6.45) is 2.83. The molecule has 2 N–H and O–H groups in total. The topological polar surface area (TPSA) is 67.4 Å². The minimum absolute atomic E-state index is 0.0300. The van der Waals surface area contributed by atoms with Crippen molar-refractivity contribution in [1.29, 1.82) is 0 Å². The van der Waals surface area contributed by atoms with E-state index in [2.05, 4.69) is 10.6 Å². The molecule has 0 aromatic rings. The van der Waals surface area contributed by atoms with Crippen LogP contribution in [0.25, 0.3) is 0 Å². The van der Waals surface area contributed by atoms with Gasteiger partial charge in [-0.3, -0.25) is 10.1 Å². The van der Waals surface area contributed by atoms with Crippen LogP contribution in [-0.4, -0.2) is 24.0 Å². The number of alkyl carbamates (subject to hydrolysis) is 1. The summed E-state index contributed by atoms with van der Waals surface area (Å²) < 4.78 is 5.11. The summed E-state index contributed by atoms with van der Waals surface area (Å²) in [4.78, 5) is 22.5. The van der Waals surface area contributed by atoms with Gasteiger partial charge in [0, 0.05) is 12.6 Å². The maximum Gasteiger partial charge on any atom is 0.411 e. The molecule has 0 bridgehead atoms. The summed E-state index contributed by atoms with van der Waals surface area (Å²) in [6.45, 7) is 7.29. The van der Waals surface area contributed by atoms with E-state index in [1.165, 1.54) is 6.92 Å². The van der Waals surface area contributed by atoms with Crippen molar-refractivity contribution in [2.45, 2.75) is 33.3 Å². The number of amides is 1. The second kappa shape index (κ2) is 5.03. The van der Waals surface area contributed by atoms with Crippen molar-refractivity contribution in [3.63, 3.8) is 0 Å². The normalized spacial score (nSPS) is 15.3. The zero-order chi connectivity index (χ0) is 13.1. The largest absolute Gasteiger partial charge is 0.444 e. The lowest BCUT2D eigenvalue weighted by Crippen LogP contribution is -2.36. The highest BCUT2D eigenvalue weighted by Crippen LogP contribution is 2.08. The first-order chi connectivity index (χ1) is 7.78. The van der Waals surface area contributed by atoms with Gasteiger partial charge < -0.3 is 10.1 Å². The van der Waals surface area contributed by atoms with Gasteiger partial charge in [0.1, 0.15) is 5.60 Å². The molecule has 5 nitrogen and oxygen atoms in total. The van der Waals surface area contributed by atoms with Gasteiger partial charge in [-0.2, -0.15) is 0 Å². The second-order valence-corrected chi connectivity index (χ2v) is 4.81. The number of hydrogen-bond acceptors (Lipinski definition) is 4. The molecule has 0 aromatic carbocycles. The number of hydrogen-bond donors (Lipinski definition) is 2. The van der Waals surface area contributed by atoms with Crippen molar-refractivity contribution in [2.75, 3.05) is 6.54 Å². The second-order valence-electron chi connectivity index (χ2n) is 4.81. The van der Waals surface area contributed by atoms with Gasteiger partial charge in [0.25, 0.3) is 0 Å². The average Bonchev–Trinajstić information content (AvgIpc) is 2.15. The molecule has 94 valence electrons. The van der Waals surface area contributed by atoms with Gasteiger partial charge in [-0.25, -0.2) is 4.79 Å². The third kappa shape index (κ3) is 4.72. The van der Waals surface area contributed by atoms with E-state index in [0.29, 0.717) is 17.9 Å². The first-order valence-electron chi connectivity index (χ1n) is 5.43. The van der Waals surface area contributed by atoms with E-state index in [9.17, 15) is 9.59 Å². The molecule has 1 rings (SSSR count). The number of nitrogens with one attached hydrogen (secondary N) is 2.